The SMILES string of the molecule is C.CCCCCCCCCCCCCCCC(=O)O[C@H](COC(=O)CCCCCCCCCCCNC(=O)CCC)COP(=O)([O-])[O-].[Na+].[Na+]. The van der Waals surface area contributed by atoms with Crippen molar-refractivity contribution in [1.29, 1.82) is 0 Å². The molecule has 10 nitrogen and oxygen atoms in total. The third kappa shape index (κ3) is 44.6. The van der Waals surface area contributed by atoms with Gasteiger partial charge in [-0.15, -0.1) is 0 Å². The molecule has 0 aromatic rings. The summed E-state index contributed by atoms with van der Waals surface area (Å²) in [4.78, 5) is 57.7. The van der Waals surface area contributed by atoms with Gasteiger partial charge in [-0.25, -0.2) is 0 Å². The average Bonchev–Trinajstić information content (AvgIpc) is 3.01. The zero-order valence-corrected chi connectivity index (χ0v) is 36.1. The third-order valence-corrected chi connectivity index (χ3v) is 8.45. The predicted octanol–water partition coefficient (Wildman–Crippen LogP) is 2.23. The zero-order valence-electron chi connectivity index (χ0n) is 31.2. The molecule has 0 aromatic heterocycles. The molecular formula is C36H70NNa2O9P. The molecule has 280 valence electrons. The van der Waals surface area contributed by atoms with Gasteiger partial charge in [0.15, 0.2) is 6.10 Å². The smallest absolute Gasteiger partial charge is 0.790 e. The molecule has 0 aromatic carbocycles. The summed E-state index contributed by atoms with van der Waals surface area (Å²) in [7, 11) is -5.26. The Hall–Kier alpha value is 0.520. The Bertz CT molecular complexity index is 802. The number of phosphoric acid groups is 1. The Morgan fingerprint density at radius 1 is 0.571 bits per heavy atom. The quantitative estimate of drug-likeness (QED) is 0.0454. The maximum Gasteiger partial charge on any atom is 1.00 e. The molecule has 1 N–H and O–H groups in total. The van der Waals surface area contributed by atoms with E-state index in [1.165, 1.54) is 57.8 Å². The fourth-order valence-corrected chi connectivity index (χ4v) is 5.60. The summed E-state index contributed by atoms with van der Waals surface area (Å²) < 4.78 is 25.7. The van der Waals surface area contributed by atoms with Crippen molar-refractivity contribution < 1.29 is 102 Å². The molecule has 49 heavy (non-hydrogen) atoms. The van der Waals surface area contributed by atoms with E-state index in [4.69, 9.17) is 9.47 Å². The van der Waals surface area contributed by atoms with Crippen LogP contribution in [0.2, 0.25) is 0 Å². The fourth-order valence-electron chi connectivity index (χ4n) is 5.26. The summed E-state index contributed by atoms with van der Waals surface area (Å²) >= 11 is 0. The summed E-state index contributed by atoms with van der Waals surface area (Å²) in [6, 6.07) is 0. The first kappa shape index (κ1) is 56.3. The topological polar surface area (TPSA) is 154 Å². The third-order valence-electron chi connectivity index (χ3n) is 7.99. The summed E-state index contributed by atoms with van der Waals surface area (Å²) in [5.74, 6) is -0.858. The van der Waals surface area contributed by atoms with Crippen LogP contribution >= 0.6 is 7.82 Å². The van der Waals surface area contributed by atoms with Crippen LogP contribution in [0.25, 0.3) is 0 Å². The van der Waals surface area contributed by atoms with Gasteiger partial charge in [0.1, 0.15) is 6.61 Å². The van der Waals surface area contributed by atoms with Crippen LogP contribution in [0.4, 0.5) is 0 Å². The van der Waals surface area contributed by atoms with Crippen LogP contribution in [-0.4, -0.2) is 43.7 Å². The van der Waals surface area contributed by atoms with Crippen LogP contribution in [0.15, 0.2) is 0 Å². The van der Waals surface area contributed by atoms with Gasteiger partial charge in [0, 0.05) is 25.8 Å². The van der Waals surface area contributed by atoms with Crippen molar-refractivity contribution in [2.75, 3.05) is 19.8 Å². The van der Waals surface area contributed by atoms with Crippen molar-refractivity contribution in [1.82, 2.24) is 5.32 Å². The summed E-state index contributed by atoms with van der Waals surface area (Å²) in [6.07, 6.45) is 25.4. The van der Waals surface area contributed by atoms with E-state index < -0.39 is 32.5 Å². The monoisotopic (exact) mass is 737 g/mol. The van der Waals surface area contributed by atoms with E-state index in [2.05, 4.69) is 16.8 Å². The molecule has 13 heteroatoms. The normalized spacial score (nSPS) is 11.4. The molecule has 1 atom stereocenters. The zero-order chi connectivity index (χ0) is 34.1. The Morgan fingerprint density at radius 2 is 0.980 bits per heavy atom. The molecule has 0 radical (unpaired) electrons. The van der Waals surface area contributed by atoms with E-state index in [9.17, 15) is 28.7 Å². The minimum Gasteiger partial charge on any atom is -0.790 e. The van der Waals surface area contributed by atoms with E-state index in [0.717, 1.165) is 83.6 Å². The predicted molar refractivity (Wildman–Crippen MR) is 186 cm³/mol. The van der Waals surface area contributed by atoms with Crippen LogP contribution in [0.3, 0.4) is 0 Å². The van der Waals surface area contributed by atoms with Gasteiger partial charge in [0.25, 0.3) is 0 Å². The Morgan fingerprint density at radius 3 is 1.41 bits per heavy atom. The number of hydrogen-bond acceptors (Lipinski definition) is 9. The first-order valence-corrected chi connectivity index (χ1v) is 19.9. The molecule has 0 fully saturated rings. The molecular weight excluding hydrogens is 667 g/mol. The van der Waals surface area contributed by atoms with Gasteiger partial charge < -0.3 is 33.7 Å². The second-order valence-corrected chi connectivity index (χ2v) is 13.7. The van der Waals surface area contributed by atoms with Crippen LogP contribution in [0.1, 0.15) is 188 Å². The van der Waals surface area contributed by atoms with E-state index in [1.807, 2.05) is 6.92 Å². The van der Waals surface area contributed by atoms with Gasteiger partial charge in [0.05, 0.1) is 14.4 Å². The first-order valence-electron chi connectivity index (χ1n) is 18.5. The number of unbranched alkanes of at least 4 members (excludes halogenated alkanes) is 20. The summed E-state index contributed by atoms with van der Waals surface area (Å²) in [5, 5.41) is 2.93. The fraction of sp³-hybridized carbons (Fsp3) is 0.917. The van der Waals surface area contributed by atoms with Gasteiger partial charge in [0.2, 0.25) is 5.91 Å². The Balaban J connectivity index is -0.00000337. The molecule has 0 spiro atoms. The second-order valence-electron chi connectivity index (χ2n) is 12.6. The maximum atomic E-state index is 12.3. The molecule has 0 saturated heterocycles. The number of esters is 2. The van der Waals surface area contributed by atoms with Crippen LogP contribution in [-0.2, 0) is 32.9 Å². The van der Waals surface area contributed by atoms with Gasteiger partial charge in [-0.3, -0.25) is 14.4 Å². The van der Waals surface area contributed by atoms with Gasteiger partial charge >= 0.3 is 71.1 Å². The minimum atomic E-state index is -5.26. The van der Waals surface area contributed by atoms with E-state index >= 15 is 0 Å². The van der Waals surface area contributed by atoms with Crippen LogP contribution in [0, 0.1) is 0 Å². The second kappa shape index (κ2) is 41.3. The van der Waals surface area contributed by atoms with Crippen molar-refractivity contribution in [3.63, 3.8) is 0 Å². The van der Waals surface area contributed by atoms with Crippen LogP contribution < -0.4 is 74.2 Å². The molecule has 0 heterocycles. The van der Waals surface area contributed by atoms with Crippen molar-refractivity contribution in [2.24, 2.45) is 0 Å². The number of carbonyl (C=O) groups excluding carboxylic acids is 3. The number of nitrogens with one attached hydrogen (secondary N) is 1. The number of carbonyl (C=O) groups is 3. The van der Waals surface area contributed by atoms with E-state index in [1.54, 1.807) is 0 Å². The number of hydrogen-bond donors (Lipinski definition) is 1. The average molecular weight is 738 g/mol. The van der Waals surface area contributed by atoms with Crippen molar-refractivity contribution in [3.05, 3.63) is 0 Å². The molecule has 0 bridgehead atoms. The molecule has 0 aliphatic rings. The van der Waals surface area contributed by atoms with E-state index in [-0.39, 0.29) is 91.9 Å². The molecule has 0 rings (SSSR count). The molecule has 0 saturated carbocycles. The number of ether oxygens (including phenoxy) is 2. The summed E-state index contributed by atoms with van der Waals surface area (Å²) in [5.41, 5.74) is 0. The van der Waals surface area contributed by atoms with E-state index in [0.29, 0.717) is 19.3 Å². The van der Waals surface area contributed by atoms with Gasteiger partial charge in [-0.05, 0) is 25.7 Å². The molecule has 0 unspecified atom stereocenters. The molecule has 0 aliphatic heterocycles. The maximum absolute atomic E-state index is 12.3. The van der Waals surface area contributed by atoms with Crippen molar-refractivity contribution >= 4 is 25.7 Å². The minimum absolute atomic E-state index is 0. The Labute approximate surface area is 344 Å². The number of rotatable bonds is 34. The largest absolute Gasteiger partial charge is 1.00 e. The number of amides is 1. The standard InChI is InChI=1S/C35H68NO9P.CH4.2Na/c1-3-5-6-7-8-9-10-11-12-14-18-21-24-28-35(39)45-32(31-44-46(40,41)42)30-43-34(38)27-23-20-17-15-13-16-19-22-25-29-36-33(37)26-4-2;;;/h32H,3-31H2,1-2H3,(H,36,37)(H2,40,41,42);1H4;;/q;;2*+1/p-2/t32-;;;/m1.../s1. The van der Waals surface area contributed by atoms with Crippen molar-refractivity contribution in [2.45, 2.75) is 194 Å². The summed E-state index contributed by atoms with van der Waals surface area (Å²) in [6.45, 7) is 3.96. The molecule has 1 amide bonds. The molecule has 0 aliphatic carbocycles. The Kier molecular flexibility index (Phi) is 47.4. The van der Waals surface area contributed by atoms with Crippen molar-refractivity contribution in [3.8, 4) is 0 Å². The van der Waals surface area contributed by atoms with Gasteiger partial charge in [-0.2, -0.15) is 0 Å². The first-order chi connectivity index (χ1) is 22.2. The van der Waals surface area contributed by atoms with Gasteiger partial charge in [-0.1, -0.05) is 143 Å². The van der Waals surface area contributed by atoms with Crippen LogP contribution in [0.5, 0.6) is 0 Å². The number of phosphoric ester groups is 1.